The van der Waals surface area contributed by atoms with E-state index in [0.717, 1.165) is 0 Å². The SMILES string of the molecule is CC(=O)[C@H](N)[C@H](O)c1ccc(O)c(O)c1. The second-order valence-corrected chi connectivity index (χ2v) is 3.33. The van der Waals surface area contributed by atoms with E-state index in [4.69, 9.17) is 10.8 Å². The van der Waals surface area contributed by atoms with E-state index in [-0.39, 0.29) is 22.8 Å². The minimum absolute atomic E-state index is 0.285. The number of nitrogens with two attached hydrogens (primary N) is 1. The fourth-order valence-electron chi connectivity index (χ4n) is 1.15. The Kier molecular flexibility index (Phi) is 3.28. The zero-order valence-corrected chi connectivity index (χ0v) is 8.21. The van der Waals surface area contributed by atoms with Crippen LogP contribution < -0.4 is 5.73 Å². The minimum atomic E-state index is -1.19. The van der Waals surface area contributed by atoms with Crippen molar-refractivity contribution in [2.24, 2.45) is 5.73 Å². The molecule has 0 aromatic heterocycles. The topological polar surface area (TPSA) is 104 Å². The molecule has 82 valence electrons. The Labute approximate surface area is 86.8 Å². The number of phenols is 2. The summed E-state index contributed by atoms with van der Waals surface area (Å²) in [4.78, 5) is 10.9. The van der Waals surface area contributed by atoms with Crippen molar-refractivity contribution in [1.82, 2.24) is 0 Å². The molecule has 0 bridgehead atoms. The summed E-state index contributed by atoms with van der Waals surface area (Å²) < 4.78 is 0. The molecule has 0 aliphatic carbocycles. The van der Waals surface area contributed by atoms with Gasteiger partial charge in [0.2, 0.25) is 0 Å². The molecule has 15 heavy (non-hydrogen) atoms. The molecule has 5 nitrogen and oxygen atoms in total. The highest BCUT2D eigenvalue weighted by Crippen LogP contribution is 2.28. The average molecular weight is 211 g/mol. The standard InChI is InChI=1S/C10H13NO4/c1-5(12)9(11)10(15)6-2-3-7(13)8(14)4-6/h2-4,9-10,13-15H,11H2,1H3/t9-,10+/m0/s1. The van der Waals surface area contributed by atoms with E-state index in [9.17, 15) is 15.0 Å². The number of hydrogen-bond acceptors (Lipinski definition) is 5. The van der Waals surface area contributed by atoms with Crippen LogP contribution in [-0.4, -0.2) is 27.1 Å². The van der Waals surface area contributed by atoms with Crippen molar-refractivity contribution >= 4 is 5.78 Å². The minimum Gasteiger partial charge on any atom is -0.504 e. The van der Waals surface area contributed by atoms with Gasteiger partial charge in [0, 0.05) is 0 Å². The number of benzene rings is 1. The Balaban J connectivity index is 2.96. The zero-order valence-electron chi connectivity index (χ0n) is 8.21. The molecule has 1 aromatic carbocycles. The van der Waals surface area contributed by atoms with Crippen LogP contribution in [-0.2, 0) is 4.79 Å². The Hall–Kier alpha value is -1.59. The van der Waals surface area contributed by atoms with E-state index in [1.54, 1.807) is 0 Å². The predicted octanol–water partition coefficient (Wildman–Crippen LogP) is 0.0475. The lowest BCUT2D eigenvalue weighted by Gasteiger charge is -2.16. The van der Waals surface area contributed by atoms with Crippen molar-refractivity contribution in [3.05, 3.63) is 23.8 Å². The third-order valence-electron chi connectivity index (χ3n) is 2.15. The number of aliphatic hydroxyl groups excluding tert-OH is 1. The van der Waals surface area contributed by atoms with Crippen molar-refractivity contribution in [1.29, 1.82) is 0 Å². The van der Waals surface area contributed by atoms with Crippen molar-refractivity contribution in [3.8, 4) is 11.5 Å². The van der Waals surface area contributed by atoms with E-state index < -0.39 is 12.1 Å². The molecule has 0 saturated heterocycles. The molecular formula is C10H13NO4. The van der Waals surface area contributed by atoms with Crippen LogP contribution in [0.5, 0.6) is 11.5 Å². The van der Waals surface area contributed by atoms with Crippen LogP contribution in [0.15, 0.2) is 18.2 Å². The van der Waals surface area contributed by atoms with Gasteiger partial charge in [-0.3, -0.25) is 4.79 Å². The first-order chi connectivity index (χ1) is 6.93. The van der Waals surface area contributed by atoms with Gasteiger partial charge in [-0.15, -0.1) is 0 Å². The number of carbonyl (C=O) groups is 1. The number of hydrogen-bond donors (Lipinski definition) is 4. The van der Waals surface area contributed by atoms with Crippen LogP contribution in [0.25, 0.3) is 0 Å². The van der Waals surface area contributed by atoms with E-state index in [1.165, 1.54) is 25.1 Å². The first-order valence-corrected chi connectivity index (χ1v) is 4.39. The molecule has 0 aliphatic rings. The number of phenolic OH excluding ortho intramolecular Hbond substituents is 2. The first kappa shape index (κ1) is 11.5. The normalized spacial score (nSPS) is 14.6. The van der Waals surface area contributed by atoms with E-state index in [1.807, 2.05) is 0 Å². The van der Waals surface area contributed by atoms with Gasteiger partial charge in [-0.05, 0) is 24.6 Å². The van der Waals surface area contributed by atoms with Gasteiger partial charge in [-0.2, -0.15) is 0 Å². The lowest BCUT2D eigenvalue weighted by Crippen LogP contribution is -2.35. The summed E-state index contributed by atoms with van der Waals surface area (Å²) in [6, 6.07) is 2.75. The number of aromatic hydroxyl groups is 2. The van der Waals surface area contributed by atoms with Crippen molar-refractivity contribution in [3.63, 3.8) is 0 Å². The summed E-state index contributed by atoms with van der Waals surface area (Å²) in [6.07, 6.45) is -1.19. The van der Waals surface area contributed by atoms with Crippen molar-refractivity contribution in [2.75, 3.05) is 0 Å². The lowest BCUT2D eigenvalue weighted by molar-refractivity contribution is -0.120. The lowest BCUT2D eigenvalue weighted by atomic mass is 10.00. The third-order valence-corrected chi connectivity index (χ3v) is 2.15. The highest BCUT2D eigenvalue weighted by atomic mass is 16.3. The summed E-state index contributed by atoms with van der Waals surface area (Å²) in [6.45, 7) is 1.27. The van der Waals surface area contributed by atoms with Gasteiger partial charge in [-0.1, -0.05) is 6.07 Å². The average Bonchev–Trinajstić information content (AvgIpc) is 2.19. The Morgan fingerprint density at radius 2 is 1.93 bits per heavy atom. The van der Waals surface area contributed by atoms with Crippen LogP contribution in [0.4, 0.5) is 0 Å². The maximum Gasteiger partial charge on any atom is 0.157 e. The van der Waals surface area contributed by atoms with Crippen molar-refractivity contribution in [2.45, 2.75) is 19.1 Å². The summed E-state index contributed by atoms with van der Waals surface area (Å²) in [5.74, 6) is -1.00. The van der Waals surface area contributed by atoms with Gasteiger partial charge in [0.25, 0.3) is 0 Å². The van der Waals surface area contributed by atoms with E-state index >= 15 is 0 Å². The molecular weight excluding hydrogens is 198 g/mol. The van der Waals surface area contributed by atoms with Gasteiger partial charge in [0.1, 0.15) is 11.9 Å². The molecule has 0 fully saturated rings. The number of carbonyl (C=O) groups excluding carboxylic acids is 1. The Morgan fingerprint density at radius 3 is 2.40 bits per heavy atom. The van der Waals surface area contributed by atoms with Crippen LogP contribution in [0.1, 0.15) is 18.6 Å². The molecule has 0 spiro atoms. The number of aliphatic hydroxyl groups is 1. The molecule has 2 atom stereocenters. The molecule has 1 aromatic rings. The fraction of sp³-hybridized carbons (Fsp3) is 0.300. The van der Waals surface area contributed by atoms with Crippen LogP contribution in [0.3, 0.4) is 0 Å². The van der Waals surface area contributed by atoms with Gasteiger partial charge < -0.3 is 21.1 Å². The van der Waals surface area contributed by atoms with Gasteiger partial charge in [0.05, 0.1) is 6.04 Å². The molecule has 0 radical (unpaired) electrons. The maximum absolute atomic E-state index is 10.9. The maximum atomic E-state index is 10.9. The quantitative estimate of drug-likeness (QED) is 0.529. The number of Topliss-reactive ketones (excluding diaryl/α,β-unsaturated/α-hetero) is 1. The van der Waals surface area contributed by atoms with Crippen LogP contribution in [0, 0.1) is 0 Å². The highest BCUT2D eigenvalue weighted by Gasteiger charge is 2.21. The molecule has 0 unspecified atom stereocenters. The summed E-state index contributed by atoms with van der Waals surface area (Å²) in [5.41, 5.74) is 5.72. The fourth-order valence-corrected chi connectivity index (χ4v) is 1.15. The van der Waals surface area contributed by atoms with E-state index in [2.05, 4.69) is 0 Å². The Morgan fingerprint density at radius 1 is 1.33 bits per heavy atom. The molecule has 5 N–H and O–H groups in total. The predicted molar refractivity (Wildman–Crippen MR) is 53.4 cm³/mol. The summed E-state index contributed by atoms with van der Waals surface area (Å²) >= 11 is 0. The summed E-state index contributed by atoms with van der Waals surface area (Å²) in [7, 11) is 0. The van der Waals surface area contributed by atoms with E-state index in [0.29, 0.717) is 0 Å². The monoisotopic (exact) mass is 211 g/mol. The smallest absolute Gasteiger partial charge is 0.157 e. The molecule has 0 saturated carbocycles. The molecule has 0 aliphatic heterocycles. The van der Waals surface area contributed by atoms with Gasteiger partial charge in [-0.25, -0.2) is 0 Å². The number of ketones is 1. The second-order valence-electron chi connectivity index (χ2n) is 3.33. The zero-order chi connectivity index (χ0) is 11.6. The molecule has 1 rings (SSSR count). The third kappa shape index (κ3) is 2.45. The largest absolute Gasteiger partial charge is 0.504 e. The first-order valence-electron chi connectivity index (χ1n) is 4.39. The molecule has 0 heterocycles. The van der Waals surface area contributed by atoms with Crippen LogP contribution in [0.2, 0.25) is 0 Å². The molecule has 5 heteroatoms. The number of rotatable bonds is 3. The molecule has 0 amide bonds. The highest BCUT2D eigenvalue weighted by molar-refractivity contribution is 5.82. The second kappa shape index (κ2) is 4.29. The van der Waals surface area contributed by atoms with Gasteiger partial charge in [0.15, 0.2) is 11.5 Å². The van der Waals surface area contributed by atoms with Crippen LogP contribution >= 0.6 is 0 Å². The van der Waals surface area contributed by atoms with Gasteiger partial charge >= 0.3 is 0 Å². The summed E-state index contributed by atoms with van der Waals surface area (Å²) in [5, 5.41) is 27.9. The van der Waals surface area contributed by atoms with Crippen molar-refractivity contribution < 1.29 is 20.1 Å². The Bertz CT molecular complexity index is 378.